The number of halogens is 3. The average Bonchev–Trinajstić information content (AvgIpc) is 3.39. The van der Waals surface area contributed by atoms with Crippen molar-refractivity contribution in [2.24, 2.45) is 12.8 Å². The largest absolute Gasteiger partial charge is 0.433 e. The number of thiophene rings is 1. The first-order chi connectivity index (χ1) is 14.2. The maximum atomic E-state index is 13.6. The van der Waals surface area contributed by atoms with E-state index < -0.39 is 23.7 Å². The second-order valence-corrected chi connectivity index (χ2v) is 7.09. The summed E-state index contributed by atoms with van der Waals surface area (Å²) in [5.74, 6) is -1.65. The van der Waals surface area contributed by atoms with Gasteiger partial charge in [0, 0.05) is 7.05 Å². The maximum absolute atomic E-state index is 13.6. The van der Waals surface area contributed by atoms with Crippen LogP contribution in [-0.2, 0) is 13.2 Å². The van der Waals surface area contributed by atoms with E-state index in [1.54, 1.807) is 17.5 Å². The molecule has 0 radical (unpaired) electrons. The molecule has 3 N–H and O–H groups in total. The highest BCUT2D eigenvalue weighted by Gasteiger charge is 2.36. The number of nitrogens with one attached hydrogen (secondary N) is 1. The minimum atomic E-state index is -4.73. The molecule has 0 aliphatic carbocycles. The van der Waals surface area contributed by atoms with Gasteiger partial charge in [-0.15, -0.1) is 11.3 Å². The van der Waals surface area contributed by atoms with Gasteiger partial charge in [-0.2, -0.15) is 23.4 Å². The van der Waals surface area contributed by atoms with Crippen molar-refractivity contribution in [2.75, 3.05) is 5.32 Å². The lowest BCUT2D eigenvalue weighted by Crippen LogP contribution is -2.20. The standard InChI is InChI=1S/C17H12F3N7O2S/c1-26-13(14(21)28)10(7-22-26)25-16(29)8-6-23-27-12(17(18,19)20)5-9(24-15(8)27)11-3-2-4-30-11/h2-7H,1H3,(H2,21,28)(H,25,29). The minimum absolute atomic E-state index is 0.0137. The molecule has 4 rings (SSSR count). The summed E-state index contributed by atoms with van der Waals surface area (Å²) in [7, 11) is 1.45. The first-order valence-corrected chi connectivity index (χ1v) is 9.18. The molecule has 0 spiro atoms. The zero-order valence-corrected chi connectivity index (χ0v) is 16.0. The number of hydrogen-bond acceptors (Lipinski definition) is 6. The van der Waals surface area contributed by atoms with Crippen molar-refractivity contribution in [1.29, 1.82) is 0 Å². The molecular formula is C17H12F3N7O2S. The van der Waals surface area contributed by atoms with E-state index in [1.165, 1.54) is 29.3 Å². The van der Waals surface area contributed by atoms with Crippen LogP contribution in [0.1, 0.15) is 26.5 Å². The third kappa shape index (κ3) is 3.28. The van der Waals surface area contributed by atoms with Crippen LogP contribution in [0.25, 0.3) is 16.2 Å². The lowest BCUT2D eigenvalue weighted by atomic mass is 10.2. The molecule has 0 aliphatic rings. The van der Waals surface area contributed by atoms with Crippen molar-refractivity contribution in [3.8, 4) is 10.6 Å². The van der Waals surface area contributed by atoms with Gasteiger partial charge in [0.05, 0.1) is 28.7 Å². The summed E-state index contributed by atoms with van der Waals surface area (Å²) < 4.78 is 42.5. The predicted octanol–water partition coefficient (Wildman–Crippen LogP) is 2.56. The number of hydrogen-bond donors (Lipinski definition) is 2. The van der Waals surface area contributed by atoms with Crippen molar-refractivity contribution in [3.63, 3.8) is 0 Å². The smallest absolute Gasteiger partial charge is 0.364 e. The molecule has 0 fully saturated rings. The SMILES string of the molecule is Cn1ncc(NC(=O)c2cnn3c(C(F)(F)F)cc(-c4cccs4)nc23)c1C(N)=O. The average molecular weight is 435 g/mol. The first-order valence-electron chi connectivity index (χ1n) is 8.30. The number of amides is 2. The molecule has 0 bridgehead atoms. The first kappa shape index (κ1) is 19.6. The highest BCUT2D eigenvalue weighted by Crippen LogP contribution is 2.34. The van der Waals surface area contributed by atoms with E-state index >= 15 is 0 Å². The summed E-state index contributed by atoms with van der Waals surface area (Å²) in [5, 5.41) is 11.7. The van der Waals surface area contributed by atoms with E-state index in [-0.39, 0.29) is 28.3 Å². The van der Waals surface area contributed by atoms with Crippen LogP contribution >= 0.6 is 11.3 Å². The molecule has 2 amide bonds. The Bertz CT molecular complexity index is 1270. The highest BCUT2D eigenvalue weighted by molar-refractivity contribution is 7.13. The molecule has 4 aromatic heterocycles. The number of fused-ring (bicyclic) bond motifs is 1. The van der Waals surface area contributed by atoms with E-state index in [9.17, 15) is 22.8 Å². The fraction of sp³-hybridized carbons (Fsp3) is 0.118. The molecule has 9 nitrogen and oxygen atoms in total. The van der Waals surface area contributed by atoms with Crippen molar-refractivity contribution < 1.29 is 22.8 Å². The van der Waals surface area contributed by atoms with Crippen LogP contribution < -0.4 is 11.1 Å². The molecule has 0 aromatic carbocycles. The molecule has 30 heavy (non-hydrogen) atoms. The second-order valence-electron chi connectivity index (χ2n) is 6.14. The Balaban J connectivity index is 1.83. The van der Waals surface area contributed by atoms with Crippen LogP contribution in [0.5, 0.6) is 0 Å². The van der Waals surface area contributed by atoms with Crippen LogP contribution in [-0.4, -0.2) is 36.2 Å². The highest BCUT2D eigenvalue weighted by atomic mass is 32.1. The number of anilines is 1. The van der Waals surface area contributed by atoms with Crippen LogP contribution in [0, 0.1) is 0 Å². The van der Waals surface area contributed by atoms with Gasteiger partial charge in [0.15, 0.2) is 11.3 Å². The van der Waals surface area contributed by atoms with Crippen molar-refractivity contribution in [1.82, 2.24) is 24.4 Å². The van der Waals surface area contributed by atoms with E-state index in [0.717, 1.165) is 12.3 Å². The Kier molecular flexibility index (Phi) is 4.53. The van der Waals surface area contributed by atoms with Crippen LogP contribution in [0.4, 0.5) is 18.9 Å². The summed E-state index contributed by atoms with van der Waals surface area (Å²) in [6, 6.07) is 4.17. The number of aromatic nitrogens is 5. The van der Waals surface area contributed by atoms with Crippen LogP contribution in [0.15, 0.2) is 36.0 Å². The zero-order chi connectivity index (χ0) is 21.6. The number of rotatable bonds is 4. The van der Waals surface area contributed by atoms with E-state index in [0.29, 0.717) is 9.39 Å². The Labute approximate surface area is 169 Å². The minimum Gasteiger partial charge on any atom is -0.364 e. The van der Waals surface area contributed by atoms with Gasteiger partial charge in [-0.05, 0) is 17.5 Å². The lowest BCUT2D eigenvalue weighted by Gasteiger charge is -2.11. The summed E-state index contributed by atoms with van der Waals surface area (Å²) in [6.07, 6.45) is -2.55. The van der Waals surface area contributed by atoms with Gasteiger partial charge in [-0.1, -0.05) is 6.07 Å². The van der Waals surface area contributed by atoms with Crippen molar-refractivity contribution in [3.05, 3.63) is 52.9 Å². The van der Waals surface area contributed by atoms with Gasteiger partial charge >= 0.3 is 6.18 Å². The van der Waals surface area contributed by atoms with E-state index in [1.807, 2.05) is 0 Å². The number of carbonyl (C=O) groups is 2. The molecule has 4 heterocycles. The molecule has 154 valence electrons. The quantitative estimate of drug-likeness (QED) is 0.511. The zero-order valence-electron chi connectivity index (χ0n) is 15.1. The third-order valence-corrected chi connectivity index (χ3v) is 5.09. The van der Waals surface area contributed by atoms with Gasteiger partial charge in [0.25, 0.3) is 11.8 Å². The normalized spacial score (nSPS) is 11.7. The van der Waals surface area contributed by atoms with E-state index in [2.05, 4.69) is 20.5 Å². The molecule has 0 unspecified atom stereocenters. The van der Waals surface area contributed by atoms with Gasteiger partial charge in [-0.25, -0.2) is 9.50 Å². The third-order valence-electron chi connectivity index (χ3n) is 4.20. The van der Waals surface area contributed by atoms with Gasteiger partial charge in [0.1, 0.15) is 11.3 Å². The maximum Gasteiger partial charge on any atom is 0.433 e. The molecule has 13 heteroatoms. The van der Waals surface area contributed by atoms with Gasteiger partial charge < -0.3 is 11.1 Å². The number of alkyl halides is 3. The Morgan fingerprint density at radius 3 is 2.63 bits per heavy atom. The second kappa shape index (κ2) is 6.95. The summed E-state index contributed by atoms with van der Waals surface area (Å²) in [4.78, 5) is 29.0. The fourth-order valence-corrected chi connectivity index (χ4v) is 3.57. The number of primary amides is 1. The Hall–Kier alpha value is -3.74. The number of carbonyl (C=O) groups excluding carboxylic acids is 2. The molecular weight excluding hydrogens is 423 g/mol. The van der Waals surface area contributed by atoms with E-state index in [4.69, 9.17) is 5.73 Å². The number of nitrogens with two attached hydrogens (primary N) is 1. The van der Waals surface area contributed by atoms with Crippen molar-refractivity contribution in [2.45, 2.75) is 6.18 Å². The Morgan fingerprint density at radius 1 is 1.23 bits per heavy atom. The van der Waals surface area contributed by atoms with Crippen molar-refractivity contribution >= 4 is 34.5 Å². The summed E-state index contributed by atoms with van der Waals surface area (Å²) in [6.45, 7) is 0. The van der Waals surface area contributed by atoms with Crippen LogP contribution in [0.3, 0.4) is 0 Å². The number of nitrogens with zero attached hydrogens (tertiary/aromatic N) is 5. The van der Waals surface area contributed by atoms with Crippen LogP contribution in [0.2, 0.25) is 0 Å². The van der Waals surface area contributed by atoms with Gasteiger partial charge in [0.2, 0.25) is 0 Å². The fourth-order valence-electron chi connectivity index (χ4n) is 2.89. The molecule has 0 aliphatic heterocycles. The molecule has 0 saturated carbocycles. The molecule has 4 aromatic rings. The predicted molar refractivity (Wildman–Crippen MR) is 101 cm³/mol. The van der Waals surface area contributed by atoms with Gasteiger partial charge in [-0.3, -0.25) is 14.3 Å². The Morgan fingerprint density at radius 2 is 2.00 bits per heavy atom. The number of aryl methyl sites for hydroxylation is 1. The summed E-state index contributed by atoms with van der Waals surface area (Å²) >= 11 is 1.21. The molecule has 0 saturated heterocycles. The molecule has 0 atom stereocenters. The lowest BCUT2D eigenvalue weighted by molar-refractivity contribution is -0.142. The monoisotopic (exact) mass is 435 g/mol. The topological polar surface area (TPSA) is 120 Å². The summed E-state index contributed by atoms with van der Waals surface area (Å²) in [5.41, 5.74) is 3.72.